The Morgan fingerprint density at radius 2 is 1.77 bits per heavy atom. The van der Waals surface area contributed by atoms with E-state index in [1.807, 2.05) is 36.4 Å². The van der Waals surface area contributed by atoms with Crippen LogP contribution in [0.3, 0.4) is 0 Å². The predicted molar refractivity (Wildman–Crippen MR) is 119 cm³/mol. The average molecular weight is 438 g/mol. The van der Waals surface area contributed by atoms with E-state index < -0.39 is 10.0 Å². The Morgan fingerprint density at radius 3 is 2.40 bits per heavy atom. The van der Waals surface area contributed by atoms with Crippen LogP contribution in [0.4, 0.5) is 5.69 Å². The monoisotopic (exact) mass is 437 g/mol. The van der Waals surface area contributed by atoms with E-state index in [0.717, 1.165) is 58.5 Å². The average Bonchev–Trinajstić information content (AvgIpc) is 2.78. The van der Waals surface area contributed by atoms with Crippen LogP contribution >= 0.6 is 0 Å². The Bertz CT molecular complexity index is 758. The molecule has 2 aliphatic rings. The van der Waals surface area contributed by atoms with Crippen molar-refractivity contribution in [2.24, 2.45) is 5.92 Å². The molecular weight excluding hydrogens is 402 g/mol. The second kappa shape index (κ2) is 11.1. The van der Waals surface area contributed by atoms with Gasteiger partial charge in [-0.05, 0) is 37.3 Å². The van der Waals surface area contributed by atoms with E-state index >= 15 is 0 Å². The van der Waals surface area contributed by atoms with Gasteiger partial charge in [-0.15, -0.1) is 0 Å². The maximum atomic E-state index is 12.7. The van der Waals surface area contributed by atoms with E-state index in [2.05, 4.69) is 19.5 Å². The standard InChI is InChI=1S/C21H35N5O3S/c1-2-3-16-30(28,29)23-17-19-6-10-26(11-7-19)21(27)18-24-12-14-25(15-13-24)20-4-8-22-9-5-20/h4-5,8-9,19,23H,2-3,6-7,10-18H2,1H3. The fraction of sp³-hybridized carbons (Fsp3) is 0.714. The van der Waals surface area contributed by atoms with E-state index in [0.29, 0.717) is 25.4 Å². The first-order valence-corrected chi connectivity index (χ1v) is 12.7. The van der Waals surface area contributed by atoms with Gasteiger partial charge in [0.25, 0.3) is 0 Å². The number of unbranched alkanes of at least 4 members (excludes halogenated alkanes) is 1. The first-order valence-electron chi connectivity index (χ1n) is 11.1. The molecule has 1 aromatic heterocycles. The molecule has 0 unspecified atom stereocenters. The van der Waals surface area contributed by atoms with E-state index in [-0.39, 0.29) is 11.7 Å². The molecule has 3 heterocycles. The van der Waals surface area contributed by atoms with Gasteiger partial charge in [-0.1, -0.05) is 13.3 Å². The van der Waals surface area contributed by atoms with Gasteiger partial charge in [-0.3, -0.25) is 14.7 Å². The topological polar surface area (TPSA) is 85.8 Å². The van der Waals surface area contributed by atoms with Gasteiger partial charge in [-0.2, -0.15) is 0 Å². The molecule has 30 heavy (non-hydrogen) atoms. The molecule has 9 heteroatoms. The molecule has 3 rings (SSSR count). The van der Waals surface area contributed by atoms with Crippen molar-refractivity contribution >= 4 is 21.6 Å². The predicted octanol–water partition coefficient (Wildman–Crippen LogP) is 1.16. The fourth-order valence-electron chi connectivity index (χ4n) is 4.05. The zero-order valence-electron chi connectivity index (χ0n) is 18.0. The first kappa shape index (κ1) is 23.0. The summed E-state index contributed by atoms with van der Waals surface area (Å²) in [5, 5.41) is 0. The van der Waals surface area contributed by atoms with Crippen LogP contribution in [-0.2, 0) is 14.8 Å². The second-order valence-corrected chi connectivity index (χ2v) is 10.2. The Morgan fingerprint density at radius 1 is 1.10 bits per heavy atom. The number of nitrogens with zero attached hydrogens (tertiary/aromatic N) is 4. The number of aromatic nitrogens is 1. The number of carbonyl (C=O) groups is 1. The van der Waals surface area contributed by atoms with Crippen molar-refractivity contribution in [3.63, 3.8) is 0 Å². The number of pyridine rings is 1. The van der Waals surface area contributed by atoms with Gasteiger partial charge in [0.05, 0.1) is 12.3 Å². The molecule has 0 aliphatic carbocycles. The van der Waals surface area contributed by atoms with E-state index in [4.69, 9.17) is 0 Å². The Kier molecular flexibility index (Phi) is 8.47. The summed E-state index contributed by atoms with van der Waals surface area (Å²) in [5.41, 5.74) is 1.18. The van der Waals surface area contributed by atoms with Crippen LogP contribution < -0.4 is 9.62 Å². The molecule has 1 N–H and O–H groups in total. The molecule has 0 spiro atoms. The molecule has 0 radical (unpaired) electrons. The summed E-state index contributed by atoms with van der Waals surface area (Å²) in [7, 11) is -3.16. The third-order valence-corrected chi connectivity index (χ3v) is 7.52. The van der Waals surface area contributed by atoms with E-state index in [1.165, 1.54) is 5.69 Å². The van der Waals surface area contributed by atoms with Gasteiger partial charge < -0.3 is 9.80 Å². The van der Waals surface area contributed by atoms with Crippen LogP contribution in [0.15, 0.2) is 24.5 Å². The smallest absolute Gasteiger partial charge is 0.236 e. The summed E-state index contributed by atoms with van der Waals surface area (Å²) in [6.45, 7) is 7.98. The van der Waals surface area contributed by atoms with Crippen LogP contribution in [0, 0.1) is 5.92 Å². The minimum Gasteiger partial charge on any atom is -0.369 e. The van der Waals surface area contributed by atoms with Crippen molar-refractivity contribution < 1.29 is 13.2 Å². The second-order valence-electron chi connectivity index (χ2n) is 8.31. The number of carbonyl (C=O) groups excluding carboxylic acids is 1. The first-order chi connectivity index (χ1) is 14.5. The highest BCUT2D eigenvalue weighted by atomic mass is 32.2. The van der Waals surface area contributed by atoms with Crippen LogP contribution in [0.2, 0.25) is 0 Å². The van der Waals surface area contributed by atoms with Crippen molar-refractivity contribution in [2.75, 3.05) is 63.0 Å². The number of likely N-dealkylation sites (tertiary alicyclic amines) is 1. The minimum atomic E-state index is -3.16. The molecule has 2 fully saturated rings. The van der Waals surface area contributed by atoms with Crippen molar-refractivity contribution in [3.05, 3.63) is 24.5 Å². The number of rotatable bonds is 9. The van der Waals surface area contributed by atoms with Crippen LogP contribution in [0.25, 0.3) is 0 Å². The molecule has 2 saturated heterocycles. The van der Waals surface area contributed by atoms with E-state index in [9.17, 15) is 13.2 Å². The zero-order valence-corrected chi connectivity index (χ0v) is 18.8. The molecule has 1 aromatic rings. The minimum absolute atomic E-state index is 0.189. The van der Waals surface area contributed by atoms with Crippen molar-refractivity contribution in [1.29, 1.82) is 0 Å². The number of nitrogens with one attached hydrogen (secondary N) is 1. The fourth-order valence-corrected chi connectivity index (χ4v) is 5.35. The van der Waals surface area contributed by atoms with Gasteiger partial charge >= 0.3 is 0 Å². The summed E-state index contributed by atoms with van der Waals surface area (Å²) < 4.78 is 26.6. The molecule has 1 amide bonds. The lowest BCUT2D eigenvalue weighted by molar-refractivity contribution is -0.133. The lowest BCUT2D eigenvalue weighted by Gasteiger charge is -2.37. The third kappa shape index (κ3) is 6.92. The summed E-state index contributed by atoms with van der Waals surface area (Å²) >= 11 is 0. The van der Waals surface area contributed by atoms with Gasteiger partial charge in [-0.25, -0.2) is 13.1 Å². The molecule has 0 saturated carbocycles. The van der Waals surface area contributed by atoms with E-state index in [1.54, 1.807) is 0 Å². The number of hydrogen-bond donors (Lipinski definition) is 1. The van der Waals surface area contributed by atoms with Crippen LogP contribution in [-0.4, -0.2) is 87.2 Å². The van der Waals surface area contributed by atoms with Crippen LogP contribution in [0.1, 0.15) is 32.6 Å². The van der Waals surface area contributed by atoms with Crippen molar-refractivity contribution in [1.82, 2.24) is 19.5 Å². The van der Waals surface area contributed by atoms with Gasteiger partial charge in [0, 0.05) is 63.9 Å². The van der Waals surface area contributed by atoms with Crippen molar-refractivity contribution in [3.8, 4) is 0 Å². The summed E-state index contributed by atoms with van der Waals surface area (Å²) in [5.74, 6) is 0.707. The lowest BCUT2D eigenvalue weighted by Crippen LogP contribution is -2.51. The maximum Gasteiger partial charge on any atom is 0.236 e. The number of piperazine rings is 1. The van der Waals surface area contributed by atoms with Crippen LogP contribution in [0.5, 0.6) is 0 Å². The SMILES string of the molecule is CCCCS(=O)(=O)NCC1CCN(C(=O)CN2CCN(c3ccncc3)CC2)CC1. The number of amides is 1. The molecule has 0 atom stereocenters. The highest BCUT2D eigenvalue weighted by Crippen LogP contribution is 2.18. The summed E-state index contributed by atoms with van der Waals surface area (Å²) in [6, 6.07) is 4.05. The molecule has 2 aliphatic heterocycles. The Hall–Kier alpha value is -1.71. The van der Waals surface area contributed by atoms with Gasteiger partial charge in [0.2, 0.25) is 15.9 Å². The molecule has 0 bridgehead atoms. The third-order valence-electron chi connectivity index (χ3n) is 6.08. The summed E-state index contributed by atoms with van der Waals surface area (Å²) in [4.78, 5) is 23.3. The number of anilines is 1. The number of hydrogen-bond acceptors (Lipinski definition) is 6. The quantitative estimate of drug-likeness (QED) is 0.624. The number of sulfonamides is 1. The molecule has 8 nitrogen and oxygen atoms in total. The molecule has 168 valence electrons. The lowest BCUT2D eigenvalue weighted by atomic mass is 9.97. The molecule has 0 aromatic carbocycles. The summed E-state index contributed by atoms with van der Waals surface area (Å²) in [6.07, 6.45) is 6.91. The maximum absolute atomic E-state index is 12.7. The number of piperidine rings is 1. The van der Waals surface area contributed by atoms with Crippen molar-refractivity contribution in [2.45, 2.75) is 32.6 Å². The largest absolute Gasteiger partial charge is 0.369 e. The Labute approximate surface area is 180 Å². The van der Waals surface area contributed by atoms with Gasteiger partial charge in [0.15, 0.2) is 0 Å². The zero-order chi connectivity index (χ0) is 21.4. The Balaban J connectivity index is 1.35. The highest BCUT2D eigenvalue weighted by molar-refractivity contribution is 7.89. The van der Waals surface area contributed by atoms with Gasteiger partial charge in [0.1, 0.15) is 0 Å². The highest BCUT2D eigenvalue weighted by Gasteiger charge is 2.26. The molecular formula is C21H35N5O3S. The normalized spacial score (nSPS) is 19.2.